The van der Waals surface area contributed by atoms with Crippen molar-refractivity contribution in [3.63, 3.8) is 0 Å². The summed E-state index contributed by atoms with van der Waals surface area (Å²) in [7, 11) is -4.27. The molecule has 0 aliphatic heterocycles. The zero-order chi connectivity index (χ0) is 12.6. The van der Waals surface area contributed by atoms with E-state index in [2.05, 4.69) is 6.92 Å². The van der Waals surface area contributed by atoms with Gasteiger partial charge in [0.1, 0.15) is 0 Å². The summed E-state index contributed by atoms with van der Waals surface area (Å²) < 4.78 is 32.9. The molecule has 0 rings (SSSR count). The van der Waals surface area contributed by atoms with Crippen molar-refractivity contribution in [3.05, 3.63) is 0 Å². The Balaban J connectivity index is 0. The molecule has 0 aliphatic carbocycles. The molecule has 0 saturated heterocycles. The number of hydrogen-bond donors (Lipinski definition) is 1. The third-order valence-corrected chi connectivity index (χ3v) is 4.04. The fraction of sp³-hybridized carbons (Fsp3) is 1.00. The van der Waals surface area contributed by atoms with Gasteiger partial charge in [-0.25, -0.2) is 8.42 Å². The molecule has 0 aromatic rings. The van der Waals surface area contributed by atoms with E-state index >= 15 is 0 Å². The van der Waals surface area contributed by atoms with Crippen molar-refractivity contribution in [2.75, 3.05) is 0 Å². The van der Waals surface area contributed by atoms with Crippen LogP contribution in [0.15, 0.2) is 0 Å². The van der Waals surface area contributed by atoms with Gasteiger partial charge in [-0.3, -0.25) is 0 Å². The average Bonchev–Trinajstić information content (AvgIpc) is 2.20. The largest absolute Gasteiger partial charge is 1.00 e. The predicted molar refractivity (Wildman–Crippen MR) is 63.2 cm³/mol. The third-order valence-electron chi connectivity index (χ3n) is 2.79. The van der Waals surface area contributed by atoms with Crippen LogP contribution in [0.4, 0.5) is 0 Å². The fourth-order valence-electron chi connectivity index (χ4n) is 1.65. The second-order valence-corrected chi connectivity index (χ2v) is 5.91. The Labute approximate surface area is 148 Å². The Morgan fingerprint density at radius 2 is 1.76 bits per heavy atom. The van der Waals surface area contributed by atoms with Crippen LogP contribution < -0.4 is 51.4 Å². The van der Waals surface area contributed by atoms with Crippen LogP contribution in [-0.4, -0.2) is 29.4 Å². The monoisotopic (exact) mass is 290 g/mol. The van der Waals surface area contributed by atoms with Crippen LogP contribution in [0.25, 0.3) is 0 Å². The molecule has 0 bridgehead atoms. The van der Waals surface area contributed by atoms with Crippen molar-refractivity contribution < 1.29 is 69.5 Å². The van der Waals surface area contributed by atoms with Crippen LogP contribution in [0.5, 0.6) is 0 Å². The van der Waals surface area contributed by atoms with Gasteiger partial charge in [-0.05, 0) is 19.3 Å². The van der Waals surface area contributed by atoms with Crippen molar-refractivity contribution >= 4 is 10.1 Å². The molecule has 0 radical (unpaired) electrons. The molecule has 2 atom stereocenters. The predicted octanol–water partition coefficient (Wildman–Crippen LogP) is -0.964. The van der Waals surface area contributed by atoms with Crippen LogP contribution in [0.3, 0.4) is 0 Å². The second kappa shape index (κ2) is 11.3. The summed E-state index contributed by atoms with van der Waals surface area (Å²) in [5, 5.41) is 8.47. The maximum atomic E-state index is 11.0. The zero-order valence-electron chi connectivity index (χ0n) is 11.2. The molecule has 2 unspecified atom stereocenters. The van der Waals surface area contributed by atoms with Crippen LogP contribution >= 0.6 is 0 Å². The summed E-state index contributed by atoms with van der Waals surface area (Å²) in [6.45, 7) is 3.85. The quantitative estimate of drug-likeness (QED) is 0.337. The minimum Gasteiger partial charge on any atom is -0.748 e. The summed E-state index contributed by atoms with van der Waals surface area (Å²) in [6, 6.07) is 0. The molecule has 0 aliphatic rings. The Morgan fingerprint density at radius 1 is 1.18 bits per heavy atom. The number of aliphatic hydroxyl groups excluding tert-OH is 1. The maximum Gasteiger partial charge on any atom is 1.00 e. The molecule has 98 valence electrons. The van der Waals surface area contributed by atoms with E-state index < -0.39 is 21.5 Å². The SMILES string of the molecule is CCCCCCC(CC(O)CC)S(=O)(=O)[O-].[K+]. The minimum absolute atomic E-state index is 0. The van der Waals surface area contributed by atoms with Gasteiger partial charge >= 0.3 is 51.4 Å². The second-order valence-electron chi connectivity index (χ2n) is 4.26. The van der Waals surface area contributed by atoms with Gasteiger partial charge in [-0.1, -0.05) is 39.5 Å². The summed E-state index contributed by atoms with van der Waals surface area (Å²) in [5.74, 6) is 0. The number of unbranched alkanes of at least 4 members (excludes halogenated alkanes) is 3. The third kappa shape index (κ3) is 11.1. The summed E-state index contributed by atoms with van der Waals surface area (Å²) in [6.07, 6.45) is 4.09. The summed E-state index contributed by atoms with van der Waals surface area (Å²) in [4.78, 5) is 0. The molecule has 0 amide bonds. The standard InChI is InChI=1S/C11H24O4S.K/c1-3-5-6-7-8-11(16(13,14)15)9-10(12)4-2;/h10-12H,3-9H2,1-2H3,(H,13,14,15);/q;+1/p-1. The van der Waals surface area contributed by atoms with Crippen molar-refractivity contribution in [3.8, 4) is 0 Å². The first kappa shape index (κ1) is 20.8. The van der Waals surface area contributed by atoms with E-state index in [-0.39, 0.29) is 57.8 Å². The Morgan fingerprint density at radius 3 is 2.18 bits per heavy atom. The average molecular weight is 290 g/mol. The molecule has 0 saturated carbocycles. The smallest absolute Gasteiger partial charge is 0.748 e. The van der Waals surface area contributed by atoms with Crippen molar-refractivity contribution in [2.24, 2.45) is 0 Å². The Bertz CT molecular complexity index is 267. The molecule has 4 nitrogen and oxygen atoms in total. The molecule has 1 N–H and O–H groups in total. The Kier molecular flexibility index (Phi) is 13.9. The van der Waals surface area contributed by atoms with Gasteiger partial charge in [0, 0.05) is 0 Å². The first-order valence-electron chi connectivity index (χ1n) is 6.04. The maximum absolute atomic E-state index is 11.0. The van der Waals surface area contributed by atoms with Gasteiger partial charge in [-0.2, -0.15) is 0 Å². The van der Waals surface area contributed by atoms with Gasteiger partial charge in [0.15, 0.2) is 0 Å². The normalized spacial score (nSPS) is 15.1. The van der Waals surface area contributed by atoms with E-state index in [1.807, 2.05) is 0 Å². The zero-order valence-corrected chi connectivity index (χ0v) is 15.1. The minimum atomic E-state index is -4.27. The first-order valence-corrected chi connectivity index (χ1v) is 7.51. The van der Waals surface area contributed by atoms with Crippen LogP contribution in [0.1, 0.15) is 58.8 Å². The molecule has 6 heteroatoms. The van der Waals surface area contributed by atoms with E-state index in [0.717, 1.165) is 25.7 Å². The van der Waals surface area contributed by atoms with Crippen molar-refractivity contribution in [2.45, 2.75) is 70.1 Å². The number of hydrogen-bond acceptors (Lipinski definition) is 4. The van der Waals surface area contributed by atoms with Crippen LogP contribution in [0, 0.1) is 0 Å². The van der Waals surface area contributed by atoms with Crippen LogP contribution in [-0.2, 0) is 10.1 Å². The van der Waals surface area contributed by atoms with Gasteiger partial charge < -0.3 is 9.66 Å². The van der Waals surface area contributed by atoms with E-state index in [1.165, 1.54) is 0 Å². The van der Waals surface area contributed by atoms with Gasteiger partial charge in [-0.15, -0.1) is 0 Å². The van der Waals surface area contributed by atoms with Gasteiger partial charge in [0.2, 0.25) is 0 Å². The summed E-state index contributed by atoms with van der Waals surface area (Å²) in [5.41, 5.74) is 0. The van der Waals surface area contributed by atoms with Crippen LogP contribution in [0.2, 0.25) is 0 Å². The van der Waals surface area contributed by atoms with Gasteiger partial charge in [0.25, 0.3) is 0 Å². The van der Waals surface area contributed by atoms with Crippen molar-refractivity contribution in [1.29, 1.82) is 0 Å². The molecule has 0 fully saturated rings. The molecule has 17 heavy (non-hydrogen) atoms. The molecule has 0 aromatic heterocycles. The van der Waals surface area contributed by atoms with E-state index in [4.69, 9.17) is 0 Å². The van der Waals surface area contributed by atoms with Crippen molar-refractivity contribution in [1.82, 2.24) is 0 Å². The number of rotatable bonds is 9. The van der Waals surface area contributed by atoms with E-state index in [9.17, 15) is 18.1 Å². The fourth-order valence-corrected chi connectivity index (χ4v) is 2.56. The van der Waals surface area contributed by atoms with Gasteiger partial charge in [0.05, 0.1) is 21.5 Å². The first-order chi connectivity index (χ1) is 7.41. The molecule has 0 spiro atoms. The molecule has 0 heterocycles. The molecular formula is C11H23KO4S. The Hall–Kier alpha value is 1.51. The molecule has 0 aromatic carbocycles. The molecular weight excluding hydrogens is 267 g/mol. The van der Waals surface area contributed by atoms with E-state index in [0.29, 0.717) is 12.8 Å². The summed E-state index contributed by atoms with van der Waals surface area (Å²) >= 11 is 0. The number of aliphatic hydroxyl groups is 1. The van der Waals surface area contributed by atoms with E-state index in [1.54, 1.807) is 6.92 Å². The topological polar surface area (TPSA) is 77.4 Å².